The van der Waals surface area contributed by atoms with Crippen molar-refractivity contribution in [3.63, 3.8) is 0 Å². The van der Waals surface area contributed by atoms with Gasteiger partial charge in [-0.2, -0.15) is 9.98 Å². The van der Waals surface area contributed by atoms with Gasteiger partial charge in [0.15, 0.2) is 0 Å². The highest BCUT2D eigenvalue weighted by atomic mass is 35.5. The largest absolute Gasteiger partial charge is 0.245 e. The number of nitrogens with one attached hydrogen (secondary N) is 1. The van der Waals surface area contributed by atoms with Crippen LogP contribution in [0.3, 0.4) is 0 Å². The maximum atomic E-state index is 11.9. The summed E-state index contributed by atoms with van der Waals surface area (Å²) < 4.78 is 26.2. The van der Waals surface area contributed by atoms with E-state index in [9.17, 15) is 8.42 Å². The van der Waals surface area contributed by atoms with Crippen LogP contribution in [-0.4, -0.2) is 23.9 Å². The molecule has 0 bridgehead atoms. The summed E-state index contributed by atoms with van der Waals surface area (Å²) in [5.74, 6) is 0. The number of nitriles is 1. The van der Waals surface area contributed by atoms with Crippen LogP contribution in [0.15, 0.2) is 17.3 Å². The third-order valence-electron chi connectivity index (χ3n) is 2.66. The van der Waals surface area contributed by atoms with Gasteiger partial charge in [-0.25, -0.2) is 18.4 Å². The van der Waals surface area contributed by atoms with Crippen LogP contribution in [-0.2, 0) is 10.0 Å². The van der Waals surface area contributed by atoms with E-state index >= 15 is 0 Å². The molecule has 0 saturated heterocycles. The van der Waals surface area contributed by atoms with Crippen molar-refractivity contribution in [2.45, 2.75) is 29.7 Å². The molecule has 1 aliphatic carbocycles. The van der Waals surface area contributed by atoms with Crippen molar-refractivity contribution in [2.24, 2.45) is 0 Å². The second-order valence-electron chi connectivity index (χ2n) is 3.84. The van der Waals surface area contributed by atoms with Gasteiger partial charge in [0.1, 0.15) is 10.4 Å². The molecule has 0 aliphatic heterocycles. The number of sulfonamides is 1. The minimum atomic E-state index is -3.76. The SMILES string of the molecule is N#CC1(NS(=O)(=O)c2cnc(Cl)nc2)CCC1. The summed E-state index contributed by atoms with van der Waals surface area (Å²) in [7, 11) is -3.76. The molecule has 1 aromatic heterocycles. The number of nitrogens with zero attached hydrogens (tertiary/aromatic N) is 3. The molecule has 8 heteroatoms. The number of aromatic nitrogens is 2. The second-order valence-corrected chi connectivity index (χ2v) is 5.86. The fourth-order valence-electron chi connectivity index (χ4n) is 1.52. The number of halogens is 1. The summed E-state index contributed by atoms with van der Waals surface area (Å²) >= 11 is 5.47. The van der Waals surface area contributed by atoms with E-state index in [2.05, 4.69) is 14.7 Å². The molecule has 1 N–H and O–H groups in total. The van der Waals surface area contributed by atoms with Crippen LogP contribution in [0.5, 0.6) is 0 Å². The van der Waals surface area contributed by atoms with Crippen molar-refractivity contribution in [3.05, 3.63) is 17.7 Å². The zero-order valence-corrected chi connectivity index (χ0v) is 10.3. The number of hydrogen-bond donors (Lipinski definition) is 1. The van der Waals surface area contributed by atoms with E-state index in [-0.39, 0.29) is 10.2 Å². The zero-order chi connectivity index (χ0) is 12.5. The van der Waals surface area contributed by atoms with E-state index in [0.29, 0.717) is 12.8 Å². The summed E-state index contributed by atoms with van der Waals surface area (Å²) in [6, 6.07) is 2.00. The van der Waals surface area contributed by atoms with Crippen LogP contribution < -0.4 is 4.72 Å². The number of hydrogen-bond acceptors (Lipinski definition) is 5. The van der Waals surface area contributed by atoms with Crippen LogP contribution in [0.1, 0.15) is 19.3 Å². The molecule has 1 fully saturated rings. The fraction of sp³-hybridized carbons (Fsp3) is 0.444. The number of rotatable bonds is 3. The lowest BCUT2D eigenvalue weighted by atomic mass is 9.79. The summed E-state index contributed by atoms with van der Waals surface area (Å²) in [6.45, 7) is 0. The first kappa shape index (κ1) is 12.2. The standard InChI is InChI=1S/C9H9ClN4O2S/c10-8-12-4-7(5-13-8)17(15,16)14-9(6-11)2-1-3-9/h4-5,14H,1-3H2. The molecule has 0 aromatic carbocycles. The molecular formula is C9H9ClN4O2S. The Balaban J connectivity index is 2.26. The zero-order valence-electron chi connectivity index (χ0n) is 8.72. The predicted molar refractivity (Wildman–Crippen MR) is 59.6 cm³/mol. The third-order valence-corrected chi connectivity index (χ3v) is 4.34. The van der Waals surface area contributed by atoms with Gasteiger partial charge >= 0.3 is 0 Å². The van der Waals surface area contributed by atoms with Gasteiger partial charge in [-0.3, -0.25) is 0 Å². The van der Waals surface area contributed by atoms with Crippen molar-refractivity contribution in [3.8, 4) is 6.07 Å². The smallest absolute Gasteiger partial charge is 0.225 e. The Morgan fingerprint density at radius 3 is 2.41 bits per heavy atom. The summed E-state index contributed by atoms with van der Waals surface area (Å²) in [4.78, 5) is 7.10. The van der Waals surface area contributed by atoms with Crippen LogP contribution in [0, 0.1) is 11.3 Å². The quantitative estimate of drug-likeness (QED) is 0.823. The normalized spacial score (nSPS) is 18.1. The molecule has 6 nitrogen and oxygen atoms in total. The van der Waals surface area contributed by atoms with Crippen LogP contribution in [0.4, 0.5) is 0 Å². The molecule has 90 valence electrons. The molecule has 0 atom stereocenters. The first-order valence-electron chi connectivity index (χ1n) is 4.90. The van der Waals surface area contributed by atoms with Crippen LogP contribution >= 0.6 is 11.6 Å². The Bertz CT molecular complexity index is 560. The molecule has 17 heavy (non-hydrogen) atoms. The Morgan fingerprint density at radius 1 is 1.41 bits per heavy atom. The molecule has 0 amide bonds. The van der Waals surface area contributed by atoms with Gasteiger partial charge in [0.05, 0.1) is 18.5 Å². The van der Waals surface area contributed by atoms with E-state index in [0.717, 1.165) is 18.8 Å². The van der Waals surface area contributed by atoms with Crippen LogP contribution in [0.25, 0.3) is 0 Å². The van der Waals surface area contributed by atoms with Crippen molar-refractivity contribution in [1.29, 1.82) is 5.26 Å². The maximum Gasteiger partial charge on any atom is 0.245 e. The minimum Gasteiger partial charge on any atom is -0.225 e. The predicted octanol–water partition coefficient (Wildman–Crippen LogP) is 0.855. The minimum absolute atomic E-state index is 0.0254. The summed E-state index contributed by atoms with van der Waals surface area (Å²) in [5.41, 5.74) is -0.974. The molecule has 1 aromatic rings. The first-order chi connectivity index (χ1) is 7.97. The monoisotopic (exact) mass is 272 g/mol. The van der Waals surface area contributed by atoms with Gasteiger partial charge in [0.2, 0.25) is 15.3 Å². The van der Waals surface area contributed by atoms with Crippen molar-refractivity contribution < 1.29 is 8.42 Å². The molecule has 1 saturated carbocycles. The Labute approximate surface area is 104 Å². The van der Waals surface area contributed by atoms with Gasteiger partial charge in [-0.1, -0.05) is 0 Å². The van der Waals surface area contributed by atoms with E-state index in [1.54, 1.807) is 0 Å². The molecule has 2 rings (SSSR count). The average molecular weight is 273 g/mol. The van der Waals surface area contributed by atoms with Gasteiger partial charge in [0, 0.05) is 0 Å². The highest BCUT2D eigenvalue weighted by Gasteiger charge is 2.41. The first-order valence-corrected chi connectivity index (χ1v) is 6.76. The Morgan fingerprint density at radius 2 is 2.00 bits per heavy atom. The molecule has 0 spiro atoms. The van der Waals surface area contributed by atoms with Gasteiger partial charge in [0.25, 0.3) is 0 Å². The highest BCUT2D eigenvalue weighted by Crippen LogP contribution is 2.32. The molecule has 1 heterocycles. The van der Waals surface area contributed by atoms with Crippen LogP contribution in [0.2, 0.25) is 5.28 Å². The fourth-order valence-corrected chi connectivity index (χ4v) is 2.88. The molecule has 0 radical (unpaired) electrons. The van der Waals surface area contributed by atoms with E-state index in [1.807, 2.05) is 6.07 Å². The topological polar surface area (TPSA) is 95.7 Å². The molecular weight excluding hydrogens is 264 g/mol. The lowest BCUT2D eigenvalue weighted by Crippen LogP contribution is -2.52. The molecule has 1 aliphatic rings. The Hall–Kier alpha value is -1.23. The summed E-state index contributed by atoms with van der Waals surface area (Å²) in [5, 5.41) is 8.94. The highest BCUT2D eigenvalue weighted by molar-refractivity contribution is 7.89. The van der Waals surface area contributed by atoms with Crippen molar-refractivity contribution in [2.75, 3.05) is 0 Å². The summed E-state index contributed by atoms with van der Waals surface area (Å²) in [6.07, 6.45) is 4.12. The van der Waals surface area contributed by atoms with Gasteiger partial charge in [-0.15, -0.1) is 0 Å². The van der Waals surface area contributed by atoms with Crippen molar-refractivity contribution >= 4 is 21.6 Å². The van der Waals surface area contributed by atoms with E-state index < -0.39 is 15.6 Å². The lowest BCUT2D eigenvalue weighted by molar-refractivity contribution is 0.296. The van der Waals surface area contributed by atoms with E-state index in [4.69, 9.17) is 16.9 Å². The van der Waals surface area contributed by atoms with Crippen molar-refractivity contribution in [1.82, 2.24) is 14.7 Å². The van der Waals surface area contributed by atoms with Gasteiger partial charge in [-0.05, 0) is 30.9 Å². The molecule has 0 unspecified atom stereocenters. The maximum absolute atomic E-state index is 11.9. The van der Waals surface area contributed by atoms with Gasteiger partial charge < -0.3 is 0 Å². The average Bonchev–Trinajstić information content (AvgIpc) is 2.24. The lowest BCUT2D eigenvalue weighted by Gasteiger charge is -2.35. The second kappa shape index (κ2) is 4.22. The van der Waals surface area contributed by atoms with E-state index in [1.165, 1.54) is 0 Å². The Kier molecular flexibility index (Phi) is 3.03. The third kappa shape index (κ3) is 2.39.